The van der Waals surface area contributed by atoms with Crippen molar-refractivity contribution >= 4 is 17.3 Å². The molecule has 0 fully saturated rings. The molecule has 0 bridgehead atoms. The number of nitrogens with one attached hydrogen (secondary N) is 1. The van der Waals surface area contributed by atoms with Gasteiger partial charge in [0.25, 0.3) is 5.91 Å². The highest BCUT2D eigenvalue weighted by Gasteiger charge is 2.08. The Bertz CT molecular complexity index is 631. The molecule has 2 aromatic carbocycles. The fraction of sp³-hybridized carbons (Fsp3) is 0.188. The van der Waals surface area contributed by atoms with E-state index in [0.29, 0.717) is 11.3 Å². The third-order valence-corrected chi connectivity index (χ3v) is 3.01. The van der Waals surface area contributed by atoms with E-state index in [1.54, 1.807) is 13.2 Å². The van der Waals surface area contributed by atoms with E-state index in [0.717, 1.165) is 22.6 Å². The Balaban J connectivity index is 2.21. The molecule has 0 spiro atoms. The number of anilines is 2. The van der Waals surface area contributed by atoms with Gasteiger partial charge in [0.05, 0.1) is 7.11 Å². The molecule has 0 radical (unpaired) electrons. The molecule has 0 heterocycles. The molecular formula is C16H18N2O2. The fourth-order valence-corrected chi connectivity index (χ4v) is 2.10. The summed E-state index contributed by atoms with van der Waals surface area (Å²) in [6, 6.07) is 10.8. The number of rotatable bonds is 3. The van der Waals surface area contributed by atoms with Crippen LogP contribution < -0.4 is 15.8 Å². The van der Waals surface area contributed by atoms with Crippen molar-refractivity contribution in [2.75, 3.05) is 18.2 Å². The number of nitrogen functional groups attached to an aromatic ring is 1. The van der Waals surface area contributed by atoms with E-state index in [9.17, 15) is 4.79 Å². The number of hydrogen-bond donors (Lipinski definition) is 2. The Kier molecular flexibility index (Phi) is 3.94. The molecule has 0 aliphatic rings. The molecule has 3 N–H and O–H groups in total. The Morgan fingerprint density at radius 2 is 1.90 bits per heavy atom. The molecule has 0 atom stereocenters. The van der Waals surface area contributed by atoms with E-state index < -0.39 is 0 Å². The van der Waals surface area contributed by atoms with Crippen LogP contribution in [0.2, 0.25) is 0 Å². The number of benzene rings is 2. The van der Waals surface area contributed by atoms with Gasteiger partial charge in [0.2, 0.25) is 0 Å². The third kappa shape index (κ3) is 3.09. The second kappa shape index (κ2) is 5.65. The number of hydrogen-bond acceptors (Lipinski definition) is 3. The molecule has 104 valence electrons. The minimum Gasteiger partial charge on any atom is -0.496 e. The molecule has 0 unspecified atom stereocenters. The zero-order valence-electron chi connectivity index (χ0n) is 11.9. The first-order valence-electron chi connectivity index (χ1n) is 6.33. The standard InChI is InChI=1S/C16H18N2O2/c1-10-6-12(9-13(17)7-10)16(19)18-14-4-5-15(20-3)11(2)8-14/h4-9H,17H2,1-3H3,(H,18,19). The van der Waals surface area contributed by atoms with Gasteiger partial charge in [0, 0.05) is 16.9 Å². The van der Waals surface area contributed by atoms with Gasteiger partial charge < -0.3 is 15.8 Å². The largest absolute Gasteiger partial charge is 0.496 e. The third-order valence-electron chi connectivity index (χ3n) is 3.01. The topological polar surface area (TPSA) is 64.3 Å². The van der Waals surface area contributed by atoms with Crippen LogP contribution in [0, 0.1) is 13.8 Å². The lowest BCUT2D eigenvalue weighted by Gasteiger charge is -2.10. The predicted molar refractivity (Wildman–Crippen MR) is 81.3 cm³/mol. The van der Waals surface area contributed by atoms with Crippen LogP contribution in [0.15, 0.2) is 36.4 Å². The van der Waals surface area contributed by atoms with Gasteiger partial charge in [0.15, 0.2) is 0 Å². The van der Waals surface area contributed by atoms with Crippen molar-refractivity contribution in [2.45, 2.75) is 13.8 Å². The van der Waals surface area contributed by atoms with Crippen molar-refractivity contribution in [1.29, 1.82) is 0 Å². The maximum Gasteiger partial charge on any atom is 0.255 e. The number of methoxy groups -OCH3 is 1. The average molecular weight is 270 g/mol. The zero-order chi connectivity index (χ0) is 14.7. The number of aryl methyl sites for hydroxylation is 2. The van der Waals surface area contributed by atoms with Crippen LogP contribution in [0.4, 0.5) is 11.4 Å². The summed E-state index contributed by atoms with van der Waals surface area (Å²) in [4.78, 5) is 12.2. The van der Waals surface area contributed by atoms with Crippen molar-refractivity contribution < 1.29 is 9.53 Å². The molecule has 4 heteroatoms. The van der Waals surface area contributed by atoms with Gasteiger partial charge in [-0.3, -0.25) is 4.79 Å². The molecular weight excluding hydrogens is 252 g/mol. The smallest absolute Gasteiger partial charge is 0.255 e. The SMILES string of the molecule is COc1ccc(NC(=O)c2cc(C)cc(N)c2)cc1C. The fourth-order valence-electron chi connectivity index (χ4n) is 2.10. The molecule has 0 aromatic heterocycles. The molecule has 0 saturated carbocycles. The first-order valence-corrected chi connectivity index (χ1v) is 6.33. The first kappa shape index (κ1) is 13.9. The number of carbonyl (C=O) groups is 1. The molecule has 20 heavy (non-hydrogen) atoms. The second-order valence-corrected chi connectivity index (χ2v) is 4.77. The Hall–Kier alpha value is -2.49. The lowest BCUT2D eigenvalue weighted by Crippen LogP contribution is -2.12. The Labute approximate surface area is 118 Å². The monoisotopic (exact) mass is 270 g/mol. The van der Waals surface area contributed by atoms with Crippen LogP contribution >= 0.6 is 0 Å². The Morgan fingerprint density at radius 3 is 2.50 bits per heavy atom. The zero-order valence-corrected chi connectivity index (χ0v) is 11.9. The van der Waals surface area contributed by atoms with Crippen molar-refractivity contribution in [3.8, 4) is 5.75 Å². The lowest BCUT2D eigenvalue weighted by atomic mass is 10.1. The molecule has 0 aliphatic heterocycles. The predicted octanol–water partition coefficient (Wildman–Crippen LogP) is 3.15. The lowest BCUT2D eigenvalue weighted by molar-refractivity contribution is 0.102. The summed E-state index contributed by atoms with van der Waals surface area (Å²) in [5, 5.41) is 2.85. The summed E-state index contributed by atoms with van der Waals surface area (Å²) < 4.78 is 5.19. The van der Waals surface area contributed by atoms with E-state index in [-0.39, 0.29) is 5.91 Å². The Morgan fingerprint density at radius 1 is 1.15 bits per heavy atom. The highest BCUT2D eigenvalue weighted by Crippen LogP contribution is 2.22. The summed E-state index contributed by atoms with van der Waals surface area (Å²) in [5.74, 6) is 0.618. The van der Waals surface area contributed by atoms with Gasteiger partial charge in [-0.25, -0.2) is 0 Å². The van der Waals surface area contributed by atoms with Gasteiger partial charge in [0.1, 0.15) is 5.75 Å². The molecule has 0 saturated heterocycles. The van der Waals surface area contributed by atoms with Crippen LogP contribution in [0.25, 0.3) is 0 Å². The van der Waals surface area contributed by atoms with Crippen molar-refractivity contribution in [3.05, 3.63) is 53.1 Å². The van der Waals surface area contributed by atoms with Crippen LogP contribution in [-0.2, 0) is 0 Å². The second-order valence-electron chi connectivity index (χ2n) is 4.77. The van der Waals surface area contributed by atoms with Crippen molar-refractivity contribution in [3.63, 3.8) is 0 Å². The van der Waals surface area contributed by atoms with E-state index in [2.05, 4.69) is 5.32 Å². The van der Waals surface area contributed by atoms with Gasteiger partial charge in [-0.15, -0.1) is 0 Å². The van der Waals surface area contributed by atoms with E-state index in [1.165, 1.54) is 0 Å². The van der Waals surface area contributed by atoms with Crippen LogP contribution in [0.1, 0.15) is 21.5 Å². The average Bonchev–Trinajstić information content (AvgIpc) is 2.37. The minimum absolute atomic E-state index is 0.176. The summed E-state index contributed by atoms with van der Waals surface area (Å²) >= 11 is 0. The minimum atomic E-state index is -0.176. The maximum absolute atomic E-state index is 12.2. The quantitative estimate of drug-likeness (QED) is 0.842. The van der Waals surface area contributed by atoms with Gasteiger partial charge in [-0.05, 0) is 61.4 Å². The number of nitrogens with two attached hydrogens (primary N) is 1. The van der Waals surface area contributed by atoms with Crippen molar-refractivity contribution in [2.24, 2.45) is 0 Å². The highest BCUT2D eigenvalue weighted by atomic mass is 16.5. The highest BCUT2D eigenvalue weighted by molar-refractivity contribution is 6.05. The molecule has 1 amide bonds. The van der Waals surface area contributed by atoms with Gasteiger partial charge in [-0.1, -0.05) is 0 Å². The molecule has 4 nitrogen and oxygen atoms in total. The number of amides is 1. The molecule has 0 aliphatic carbocycles. The summed E-state index contributed by atoms with van der Waals surface area (Å²) in [5.41, 5.74) is 9.55. The van der Waals surface area contributed by atoms with E-state index >= 15 is 0 Å². The first-order chi connectivity index (χ1) is 9.49. The van der Waals surface area contributed by atoms with Crippen LogP contribution in [-0.4, -0.2) is 13.0 Å². The van der Waals surface area contributed by atoms with E-state index in [1.807, 2.05) is 44.2 Å². The summed E-state index contributed by atoms with van der Waals surface area (Å²) in [7, 11) is 1.62. The summed E-state index contributed by atoms with van der Waals surface area (Å²) in [6.07, 6.45) is 0. The van der Waals surface area contributed by atoms with Gasteiger partial charge >= 0.3 is 0 Å². The molecule has 2 rings (SSSR count). The number of carbonyl (C=O) groups excluding carboxylic acids is 1. The normalized spacial score (nSPS) is 10.2. The maximum atomic E-state index is 12.2. The summed E-state index contributed by atoms with van der Waals surface area (Å²) in [6.45, 7) is 3.84. The molecule has 2 aromatic rings. The number of ether oxygens (including phenoxy) is 1. The van der Waals surface area contributed by atoms with Crippen LogP contribution in [0.5, 0.6) is 5.75 Å². The van der Waals surface area contributed by atoms with Crippen molar-refractivity contribution in [1.82, 2.24) is 0 Å². The van der Waals surface area contributed by atoms with Gasteiger partial charge in [-0.2, -0.15) is 0 Å². The van der Waals surface area contributed by atoms with Crippen LogP contribution in [0.3, 0.4) is 0 Å². The van der Waals surface area contributed by atoms with E-state index in [4.69, 9.17) is 10.5 Å².